The van der Waals surface area contributed by atoms with Crippen molar-refractivity contribution in [1.29, 1.82) is 0 Å². The van der Waals surface area contributed by atoms with Crippen LogP contribution < -0.4 is 10.6 Å². The Kier molecular flexibility index (Phi) is 3.33. The van der Waals surface area contributed by atoms with E-state index in [0.717, 1.165) is 38.4 Å². The van der Waals surface area contributed by atoms with Crippen molar-refractivity contribution in [3.63, 3.8) is 0 Å². The van der Waals surface area contributed by atoms with Crippen molar-refractivity contribution in [2.45, 2.75) is 25.3 Å². The van der Waals surface area contributed by atoms with Gasteiger partial charge in [0.25, 0.3) is 5.69 Å². The summed E-state index contributed by atoms with van der Waals surface area (Å²) in [6.07, 6.45) is 3.13. The molecule has 0 amide bonds. The first kappa shape index (κ1) is 13.3. The summed E-state index contributed by atoms with van der Waals surface area (Å²) in [5.74, 6) is 0.583. The lowest BCUT2D eigenvalue weighted by Gasteiger charge is -2.27. The van der Waals surface area contributed by atoms with Gasteiger partial charge in [0.05, 0.1) is 16.7 Å². The third-order valence-corrected chi connectivity index (χ3v) is 4.57. The number of hydrogen-bond donors (Lipinski definition) is 1. The van der Waals surface area contributed by atoms with Crippen molar-refractivity contribution in [2.24, 2.45) is 17.6 Å². The number of nitrogens with two attached hydrogens (primary N) is 1. The number of hydrogen-bond acceptors (Lipinski definition) is 4. The molecule has 5 nitrogen and oxygen atoms in total. The maximum atomic E-state index is 14.0. The highest BCUT2D eigenvalue weighted by atomic mass is 19.1. The van der Waals surface area contributed by atoms with Gasteiger partial charge in [0.1, 0.15) is 0 Å². The number of nitro benzene ring substituents is 1. The SMILES string of the molecule is NC1CC[C@@H]2CN(c3ccc([N+](=O)[O-])cc3F)C[C@@H]2C1. The zero-order valence-corrected chi connectivity index (χ0v) is 11.2. The molecule has 108 valence electrons. The van der Waals surface area contributed by atoms with Crippen LogP contribution in [0, 0.1) is 27.8 Å². The van der Waals surface area contributed by atoms with Crippen LogP contribution in [0.25, 0.3) is 0 Å². The van der Waals surface area contributed by atoms with Crippen molar-refractivity contribution in [3.05, 3.63) is 34.1 Å². The van der Waals surface area contributed by atoms with Crippen LogP contribution in [0.5, 0.6) is 0 Å². The zero-order chi connectivity index (χ0) is 14.3. The second kappa shape index (κ2) is 5.01. The molecular weight excluding hydrogens is 261 g/mol. The number of nitrogens with zero attached hydrogens (tertiary/aromatic N) is 2. The molecule has 3 rings (SSSR count). The van der Waals surface area contributed by atoms with E-state index in [1.54, 1.807) is 0 Å². The molecule has 0 spiro atoms. The van der Waals surface area contributed by atoms with E-state index < -0.39 is 10.7 Å². The molecule has 6 heteroatoms. The van der Waals surface area contributed by atoms with Crippen molar-refractivity contribution in [3.8, 4) is 0 Å². The molecule has 1 saturated heterocycles. The Hall–Kier alpha value is -1.69. The molecule has 3 atom stereocenters. The summed E-state index contributed by atoms with van der Waals surface area (Å²) in [5.41, 5.74) is 6.26. The largest absolute Gasteiger partial charge is 0.369 e. The van der Waals surface area contributed by atoms with Gasteiger partial charge in [-0.05, 0) is 37.2 Å². The molecule has 2 N–H and O–H groups in total. The lowest BCUT2D eigenvalue weighted by molar-refractivity contribution is -0.385. The first-order valence-corrected chi connectivity index (χ1v) is 6.99. The minimum Gasteiger partial charge on any atom is -0.369 e. The second-order valence-electron chi connectivity index (χ2n) is 5.89. The number of fused-ring (bicyclic) bond motifs is 1. The van der Waals surface area contributed by atoms with Crippen LogP contribution >= 0.6 is 0 Å². The number of halogens is 1. The summed E-state index contributed by atoms with van der Waals surface area (Å²) in [5, 5.41) is 10.6. The number of nitro groups is 1. The van der Waals surface area contributed by atoms with Crippen LogP contribution in [0.15, 0.2) is 18.2 Å². The van der Waals surface area contributed by atoms with E-state index in [9.17, 15) is 14.5 Å². The van der Waals surface area contributed by atoms with E-state index in [4.69, 9.17) is 5.73 Å². The van der Waals surface area contributed by atoms with E-state index in [1.807, 2.05) is 4.90 Å². The van der Waals surface area contributed by atoms with Gasteiger partial charge in [-0.1, -0.05) is 0 Å². The Labute approximate surface area is 116 Å². The highest BCUT2D eigenvalue weighted by Crippen LogP contribution is 2.38. The quantitative estimate of drug-likeness (QED) is 0.666. The molecule has 0 aromatic heterocycles. The van der Waals surface area contributed by atoms with Gasteiger partial charge in [0.2, 0.25) is 0 Å². The third kappa shape index (κ3) is 2.35. The first-order valence-electron chi connectivity index (χ1n) is 6.99. The maximum Gasteiger partial charge on any atom is 0.272 e. The van der Waals surface area contributed by atoms with Gasteiger partial charge < -0.3 is 10.6 Å². The molecule has 1 unspecified atom stereocenters. The Morgan fingerprint density at radius 1 is 1.30 bits per heavy atom. The van der Waals surface area contributed by atoms with Crippen molar-refractivity contribution in [2.75, 3.05) is 18.0 Å². The van der Waals surface area contributed by atoms with Gasteiger partial charge in [-0.2, -0.15) is 0 Å². The molecule has 2 fully saturated rings. The minimum absolute atomic E-state index is 0.204. The first-order chi connectivity index (χ1) is 9.54. The number of rotatable bonds is 2. The van der Waals surface area contributed by atoms with Gasteiger partial charge in [0.15, 0.2) is 5.82 Å². The fraction of sp³-hybridized carbons (Fsp3) is 0.571. The molecule has 1 aromatic rings. The average molecular weight is 279 g/mol. The van der Waals surface area contributed by atoms with Gasteiger partial charge in [-0.15, -0.1) is 0 Å². The summed E-state index contributed by atoms with van der Waals surface area (Å²) in [4.78, 5) is 12.1. The predicted octanol–water partition coefficient (Wildman–Crippen LogP) is 2.30. The second-order valence-corrected chi connectivity index (χ2v) is 5.89. The Morgan fingerprint density at radius 2 is 2.05 bits per heavy atom. The van der Waals surface area contributed by atoms with E-state index in [1.165, 1.54) is 12.1 Å². The fourth-order valence-corrected chi connectivity index (χ4v) is 3.53. The zero-order valence-electron chi connectivity index (χ0n) is 11.2. The van der Waals surface area contributed by atoms with Gasteiger partial charge in [-0.25, -0.2) is 4.39 Å². The van der Waals surface area contributed by atoms with Crippen LogP contribution in [0.4, 0.5) is 15.8 Å². The Bertz CT molecular complexity index is 537. The van der Waals surface area contributed by atoms with E-state index in [-0.39, 0.29) is 11.7 Å². The van der Waals surface area contributed by atoms with Crippen LogP contribution in [0.2, 0.25) is 0 Å². The van der Waals surface area contributed by atoms with Crippen LogP contribution in [0.3, 0.4) is 0 Å². The molecule has 0 radical (unpaired) electrons. The molecule has 20 heavy (non-hydrogen) atoms. The fourth-order valence-electron chi connectivity index (χ4n) is 3.53. The topological polar surface area (TPSA) is 72.4 Å². The number of non-ortho nitro benzene ring substituents is 1. The average Bonchev–Trinajstić information content (AvgIpc) is 2.80. The lowest BCUT2D eigenvalue weighted by Crippen LogP contribution is -2.32. The highest BCUT2D eigenvalue weighted by molar-refractivity contribution is 5.53. The molecule has 1 aromatic carbocycles. The number of anilines is 1. The molecule has 2 aliphatic rings. The monoisotopic (exact) mass is 279 g/mol. The summed E-state index contributed by atoms with van der Waals surface area (Å²) < 4.78 is 14.0. The normalized spacial score (nSPS) is 29.3. The Morgan fingerprint density at radius 3 is 2.75 bits per heavy atom. The Balaban J connectivity index is 1.79. The van der Waals surface area contributed by atoms with E-state index in [0.29, 0.717) is 17.5 Å². The molecular formula is C14H18FN3O2. The smallest absolute Gasteiger partial charge is 0.272 e. The minimum atomic E-state index is -0.574. The number of benzene rings is 1. The van der Waals surface area contributed by atoms with Crippen LogP contribution in [0.1, 0.15) is 19.3 Å². The summed E-state index contributed by atoms with van der Waals surface area (Å²) in [6.45, 7) is 1.62. The van der Waals surface area contributed by atoms with Crippen molar-refractivity contribution >= 4 is 11.4 Å². The van der Waals surface area contributed by atoms with E-state index >= 15 is 0 Å². The standard InChI is InChI=1S/C14H18FN3O2/c15-13-6-12(18(19)20)3-4-14(13)17-7-9-1-2-11(16)5-10(9)8-17/h3-4,6,9-11H,1-2,5,7-8,16H2/t9-,10+,11?/m1/s1. The van der Waals surface area contributed by atoms with Crippen molar-refractivity contribution in [1.82, 2.24) is 0 Å². The summed E-state index contributed by atoms with van der Waals surface area (Å²) >= 11 is 0. The van der Waals surface area contributed by atoms with E-state index in [2.05, 4.69) is 0 Å². The maximum absolute atomic E-state index is 14.0. The van der Waals surface area contributed by atoms with Crippen LogP contribution in [-0.2, 0) is 0 Å². The summed E-state index contributed by atoms with van der Waals surface area (Å²) in [7, 11) is 0. The molecule has 1 heterocycles. The van der Waals surface area contributed by atoms with Crippen LogP contribution in [-0.4, -0.2) is 24.1 Å². The summed E-state index contributed by atoms with van der Waals surface area (Å²) in [6, 6.07) is 4.15. The lowest BCUT2D eigenvalue weighted by atomic mass is 9.79. The molecule has 1 aliphatic carbocycles. The molecule has 1 saturated carbocycles. The van der Waals surface area contributed by atoms with Crippen molar-refractivity contribution < 1.29 is 9.31 Å². The highest BCUT2D eigenvalue weighted by Gasteiger charge is 2.37. The predicted molar refractivity (Wildman–Crippen MR) is 74.1 cm³/mol. The van der Waals surface area contributed by atoms with Gasteiger partial charge >= 0.3 is 0 Å². The van der Waals surface area contributed by atoms with Gasteiger partial charge in [-0.3, -0.25) is 10.1 Å². The third-order valence-electron chi connectivity index (χ3n) is 4.57. The molecule has 0 bridgehead atoms. The molecule has 1 aliphatic heterocycles. The van der Waals surface area contributed by atoms with Gasteiger partial charge in [0, 0.05) is 25.2 Å².